The van der Waals surface area contributed by atoms with Crippen LogP contribution in [0.4, 0.5) is 14.5 Å². The number of halogens is 3. The number of fused-ring (bicyclic) bond motifs is 1. The van der Waals surface area contributed by atoms with Crippen molar-refractivity contribution in [3.05, 3.63) is 100 Å². The minimum Gasteiger partial charge on any atom is -0.342 e. The van der Waals surface area contributed by atoms with Crippen molar-refractivity contribution in [2.24, 2.45) is 0 Å². The molecule has 2 atom stereocenters. The number of carbonyl (C=O) groups is 4. The van der Waals surface area contributed by atoms with E-state index in [4.69, 9.17) is 11.6 Å². The Balaban J connectivity index is 1.32. The number of aryl methyl sites for hydroxylation is 1. The molecule has 3 amide bonds. The van der Waals surface area contributed by atoms with E-state index in [-0.39, 0.29) is 69.8 Å². The van der Waals surface area contributed by atoms with E-state index in [1.54, 1.807) is 42.5 Å². The van der Waals surface area contributed by atoms with Gasteiger partial charge in [0.15, 0.2) is 5.78 Å². The predicted octanol–water partition coefficient (Wildman–Crippen LogP) is 5.81. The van der Waals surface area contributed by atoms with Crippen LogP contribution in [-0.4, -0.2) is 70.9 Å². The number of carbonyl (C=O) groups excluding carboxylic acids is 4. The van der Waals surface area contributed by atoms with E-state index in [1.165, 1.54) is 4.90 Å². The van der Waals surface area contributed by atoms with Crippen LogP contribution in [0.2, 0.25) is 5.02 Å². The van der Waals surface area contributed by atoms with E-state index in [9.17, 15) is 28.0 Å². The maximum Gasteiger partial charge on any atom is 0.250 e. The number of anilines is 1. The molecule has 3 aromatic carbocycles. The molecule has 0 unspecified atom stereocenters. The fourth-order valence-electron chi connectivity index (χ4n) is 6.06. The lowest BCUT2D eigenvalue weighted by Crippen LogP contribution is -2.56. The number of piperidine rings is 1. The summed E-state index contributed by atoms with van der Waals surface area (Å²) in [6.07, 6.45) is -0.170. The molecule has 1 fully saturated rings. The van der Waals surface area contributed by atoms with Crippen LogP contribution in [0.5, 0.6) is 0 Å². The summed E-state index contributed by atoms with van der Waals surface area (Å²) in [5.74, 6) is -4.17. The summed E-state index contributed by atoms with van der Waals surface area (Å²) < 4.78 is 27.5. The number of nitrogens with one attached hydrogen (secondary N) is 2. The Kier molecular flexibility index (Phi) is 11.0. The molecule has 47 heavy (non-hydrogen) atoms. The molecule has 1 saturated heterocycles. The molecule has 0 radical (unpaired) electrons. The fraction of sp³-hybridized carbons (Fsp3) is 0.389. The van der Waals surface area contributed by atoms with Crippen LogP contribution in [0.15, 0.2) is 72.8 Å². The van der Waals surface area contributed by atoms with Crippen LogP contribution in [-0.2, 0) is 27.3 Å². The Hall–Kier alpha value is -4.15. The molecule has 0 spiro atoms. The topological polar surface area (TPSA) is 98.8 Å². The molecule has 3 aromatic rings. The molecule has 248 valence electrons. The number of nitrogens with zero attached hydrogens (tertiary/aromatic N) is 2. The molecule has 2 heterocycles. The Morgan fingerprint density at radius 3 is 2.32 bits per heavy atom. The Morgan fingerprint density at radius 2 is 1.62 bits per heavy atom. The minimum absolute atomic E-state index is 0.00421. The Labute approximate surface area is 278 Å². The van der Waals surface area contributed by atoms with Crippen LogP contribution in [0.25, 0.3) is 0 Å². The van der Waals surface area contributed by atoms with Crippen molar-refractivity contribution in [2.75, 3.05) is 25.0 Å². The number of rotatable bonds is 11. The van der Waals surface area contributed by atoms with Gasteiger partial charge >= 0.3 is 0 Å². The molecule has 0 saturated carbocycles. The third kappa shape index (κ3) is 9.02. The number of benzene rings is 3. The lowest BCUT2D eigenvalue weighted by molar-refractivity contribution is -0.142. The first-order valence-electron chi connectivity index (χ1n) is 15.9. The third-order valence-corrected chi connectivity index (χ3v) is 9.34. The van der Waals surface area contributed by atoms with Crippen LogP contribution in [0, 0.1) is 6.92 Å². The molecule has 5 rings (SSSR count). The standard InChI is InChI=1S/C36H39ClF2N4O4/c1-24-21-28(11-12-29(24)37)40-34(46)30(15-18-42-19-16-36(38,39)17-20-42)41-35(47)31-22-26-9-5-6-10-27(26)23-43(31)33(45)14-13-32(44)25-7-3-2-4-8-25/h2-12,21,30-31H,13-20,22-23H2,1H3,(H,40,46)(H,41,47)/t30-,31-/m0/s1. The zero-order valence-electron chi connectivity index (χ0n) is 26.3. The SMILES string of the molecule is Cc1cc(NC(=O)[C@H](CCN2CCC(F)(F)CC2)NC(=O)[C@@H]2Cc3ccccc3CN2C(=O)CCC(=O)c2ccccc2)ccc1Cl. The molecule has 0 bridgehead atoms. The van der Waals surface area contributed by atoms with Crippen molar-refractivity contribution in [2.45, 2.75) is 70.0 Å². The monoisotopic (exact) mass is 664 g/mol. The molecule has 8 nitrogen and oxygen atoms in total. The first kappa shape index (κ1) is 34.2. The molecule has 2 N–H and O–H groups in total. The van der Waals surface area contributed by atoms with Crippen molar-refractivity contribution < 1.29 is 28.0 Å². The second-order valence-electron chi connectivity index (χ2n) is 12.3. The van der Waals surface area contributed by atoms with Gasteiger partial charge in [0.1, 0.15) is 12.1 Å². The number of hydrogen-bond donors (Lipinski definition) is 2. The summed E-state index contributed by atoms with van der Waals surface area (Å²) in [6, 6.07) is 19.4. The van der Waals surface area contributed by atoms with Crippen molar-refractivity contribution in [1.29, 1.82) is 0 Å². The van der Waals surface area contributed by atoms with Gasteiger partial charge in [0.2, 0.25) is 17.7 Å². The molecule has 11 heteroatoms. The number of amides is 3. The highest BCUT2D eigenvalue weighted by Gasteiger charge is 2.37. The highest BCUT2D eigenvalue weighted by Crippen LogP contribution is 2.28. The van der Waals surface area contributed by atoms with Gasteiger partial charge in [0.05, 0.1) is 0 Å². The average Bonchev–Trinajstić information content (AvgIpc) is 3.07. The van der Waals surface area contributed by atoms with Gasteiger partial charge in [-0.05, 0) is 48.2 Å². The maximum absolute atomic E-state index is 14.0. The molecule has 0 aliphatic carbocycles. The van der Waals surface area contributed by atoms with Crippen molar-refractivity contribution in [1.82, 2.24) is 15.1 Å². The van der Waals surface area contributed by atoms with Crippen molar-refractivity contribution >= 4 is 40.8 Å². The van der Waals surface area contributed by atoms with Gasteiger partial charge in [0, 0.05) is 74.6 Å². The molecule has 2 aliphatic rings. The number of likely N-dealkylation sites (tertiary alicyclic amines) is 1. The van der Waals surface area contributed by atoms with Gasteiger partial charge in [-0.1, -0.05) is 66.2 Å². The van der Waals surface area contributed by atoms with Gasteiger partial charge in [-0.3, -0.25) is 19.2 Å². The second kappa shape index (κ2) is 15.2. The minimum atomic E-state index is -2.70. The summed E-state index contributed by atoms with van der Waals surface area (Å²) >= 11 is 6.16. The normalized spacial score (nSPS) is 18.1. The van der Waals surface area contributed by atoms with Crippen LogP contribution < -0.4 is 10.6 Å². The van der Waals surface area contributed by atoms with Crippen molar-refractivity contribution in [3.63, 3.8) is 0 Å². The second-order valence-corrected chi connectivity index (χ2v) is 12.7. The lowest BCUT2D eigenvalue weighted by Gasteiger charge is -2.37. The summed E-state index contributed by atoms with van der Waals surface area (Å²) in [4.78, 5) is 57.3. The summed E-state index contributed by atoms with van der Waals surface area (Å²) in [5.41, 5.74) is 3.61. The highest BCUT2D eigenvalue weighted by molar-refractivity contribution is 6.31. The summed E-state index contributed by atoms with van der Waals surface area (Å²) in [6.45, 7) is 2.70. The third-order valence-electron chi connectivity index (χ3n) is 8.91. The predicted molar refractivity (Wildman–Crippen MR) is 176 cm³/mol. The molecular formula is C36H39ClF2N4O4. The fourth-order valence-corrected chi connectivity index (χ4v) is 6.17. The van der Waals surface area contributed by atoms with E-state index in [0.717, 1.165) is 16.7 Å². The summed E-state index contributed by atoms with van der Waals surface area (Å²) in [7, 11) is 0. The van der Waals surface area contributed by atoms with E-state index >= 15 is 0 Å². The first-order chi connectivity index (χ1) is 22.5. The van der Waals surface area contributed by atoms with Gasteiger partial charge in [-0.15, -0.1) is 0 Å². The Bertz CT molecular complexity index is 1610. The zero-order valence-corrected chi connectivity index (χ0v) is 27.1. The van der Waals surface area contributed by atoms with Gasteiger partial charge in [-0.25, -0.2) is 8.78 Å². The molecule has 0 aromatic heterocycles. The maximum atomic E-state index is 14.0. The highest BCUT2D eigenvalue weighted by atomic mass is 35.5. The van der Waals surface area contributed by atoms with E-state index in [0.29, 0.717) is 22.8 Å². The smallest absolute Gasteiger partial charge is 0.250 e. The average molecular weight is 665 g/mol. The van der Waals surface area contributed by atoms with Crippen LogP contribution >= 0.6 is 11.6 Å². The van der Waals surface area contributed by atoms with E-state index < -0.39 is 29.8 Å². The zero-order chi connectivity index (χ0) is 33.6. The number of Topliss-reactive ketones (excluding diaryl/α,β-unsaturated/α-hetero) is 1. The van der Waals surface area contributed by atoms with E-state index in [1.807, 2.05) is 42.2 Å². The molecular weight excluding hydrogens is 626 g/mol. The van der Waals surface area contributed by atoms with Crippen molar-refractivity contribution in [3.8, 4) is 0 Å². The summed E-state index contributed by atoms with van der Waals surface area (Å²) in [5, 5.41) is 6.27. The van der Waals surface area contributed by atoms with Gasteiger partial charge < -0.3 is 20.4 Å². The quantitative estimate of drug-likeness (QED) is 0.252. The first-order valence-corrected chi connectivity index (χ1v) is 16.3. The van der Waals surface area contributed by atoms with Crippen LogP contribution in [0.1, 0.15) is 59.2 Å². The number of alkyl halides is 2. The Morgan fingerprint density at radius 1 is 0.936 bits per heavy atom. The van der Waals surface area contributed by atoms with E-state index in [2.05, 4.69) is 10.6 Å². The lowest BCUT2D eigenvalue weighted by atomic mass is 9.92. The molecule has 2 aliphatic heterocycles. The number of hydrogen-bond acceptors (Lipinski definition) is 5. The van der Waals surface area contributed by atoms with Crippen LogP contribution in [0.3, 0.4) is 0 Å². The van der Waals surface area contributed by atoms with Gasteiger partial charge in [-0.2, -0.15) is 0 Å². The largest absolute Gasteiger partial charge is 0.342 e. The van der Waals surface area contributed by atoms with Gasteiger partial charge in [0.25, 0.3) is 5.92 Å². The number of ketones is 1.